The monoisotopic (exact) mass is 385 g/mol. The number of hydrogen-bond acceptors (Lipinski definition) is 7. The molecule has 0 spiro atoms. The van der Waals surface area contributed by atoms with Gasteiger partial charge in [0.2, 0.25) is 5.13 Å². The van der Waals surface area contributed by atoms with Crippen LogP contribution in [0.25, 0.3) is 0 Å². The smallest absolute Gasteiger partial charge is 0.210 e. The average Bonchev–Trinajstić information content (AvgIpc) is 3.16. The van der Waals surface area contributed by atoms with Crippen molar-refractivity contribution in [1.29, 1.82) is 0 Å². The summed E-state index contributed by atoms with van der Waals surface area (Å²) in [5.74, 6) is -0.113. The molecule has 3 rings (SSSR count). The van der Waals surface area contributed by atoms with E-state index >= 15 is 0 Å². The number of nitrogens with zero attached hydrogens (tertiary/aromatic N) is 2. The van der Waals surface area contributed by atoms with E-state index in [4.69, 9.17) is 11.6 Å². The SMILES string of the molecule is O=C(CSc1nnc(Nc2ccccc2F)s1)c1ccc(Cl)s1. The molecule has 0 amide bonds. The summed E-state index contributed by atoms with van der Waals surface area (Å²) in [6.45, 7) is 0. The molecule has 0 saturated heterocycles. The van der Waals surface area contributed by atoms with Gasteiger partial charge in [0, 0.05) is 0 Å². The van der Waals surface area contributed by atoms with Gasteiger partial charge in [0.15, 0.2) is 10.1 Å². The summed E-state index contributed by atoms with van der Waals surface area (Å²) in [5.41, 5.74) is 0.338. The van der Waals surface area contributed by atoms with Crippen LogP contribution < -0.4 is 5.32 Å². The normalized spacial score (nSPS) is 10.7. The van der Waals surface area contributed by atoms with E-state index in [2.05, 4.69) is 15.5 Å². The first-order valence-electron chi connectivity index (χ1n) is 6.38. The molecular formula is C14H9ClFN3OS3. The fourth-order valence-electron chi connectivity index (χ4n) is 1.66. The Bertz CT molecular complexity index is 836. The molecule has 1 N–H and O–H groups in total. The quantitative estimate of drug-likeness (QED) is 0.472. The van der Waals surface area contributed by atoms with E-state index in [1.807, 2.05) is 0 Å². The van der Waals surface area contributed by atoms with Gasteiger partial charge in [-0.25, -0.2) is 4.39 Å². The van der Waals surface area contributed by atoms with Gasteiger partial charge < -0.3 is 5.32 Å². The number of thioether (sulfide) groups is 1. The molecule has 0 bridgehead atoms. The van der Waals surface area contributed by atoms with Crippen molar-refractivity contribution in [1.82, 2.24) is 10.2 Å². The lowest BCUT2D eigenvalue weighted by Gasteiger charge is -2.01. The summed E-state index contributed by atoms with van der Waals surface area (Å²) >= 11 is 9.63. The molecule has 0 aliphatic heterocycles. The van der Waals surface area contributed by atoms with Crippen molar-refractivity contribution >= 4 is 62.6 Å². The first-order chi connectivity index (χ1) is 11.1. The predicted octanol–water partition coefficient (Wildman–Crippen LogP) is 5.11. The number of Topliss-reactive ketones (excluding diaryl/α,β-unsaturated/α-hetero) is 1. The van der Waals surface area contributed by atoms with Crippen molar-refractivity contribution in [2.45, 2.75) is 4.34 Å². The van der Waals surface area contributed by atoms with E-state index in [1.165, 1.54) is 40.5 Å². The Morgan fingerprint density at radius 2 is 2.04 bits per heavy atom. The zero-order chi connectivity index (χ0) is 16.2. The lowest BCUT2D eigenvalue weighted by atomic mass is 10.3. The average molecular weight is 386 g/mol. The maximum absolute atomic E-state index is 13.6. The molecular weight excluding hydrogens is 377 g/mol. The van der Waals surface area contributed by atoms with Crippen LogP contribution in [-0.2, 0) is 0 Å². The number of carbonyl (C=O) groups excluding carboxylic acids is 1. The van der Waals surface area contributed by atoms with Gasteiger partial charge >= 0.3 is 0 Å². The maximum Gasteiger partial charge on any atom is 0.210 e. The second-order valence-corrected chi connectivity index (χ2v) is 8.21. The molecule has 9 heteroatoms. The van der Waals surface area contributed by atoms with Gasteiger partial charge in [-0.2, -0.15) is 0 Å². The number of rotatable bonds is 6. The van der Waals surface area contributed by atoms with Crippen molar-refractivity contribution in [2.24, 2.45) is 0 Å². The molecule has 23 heavy (non-hydrogen) atoms. The van der Waals surface area contributed by atoms with Crippen molar-refractivity contribution in [3.05, 3.63) is 51.4 Å². The molecule has 0 saturated carbocycles. The van der Waals surface area contributed by atoms with Gasteiger partial charge in [-0.15, -0.1) is 21.5 Å². The first-order valence-corrected chi connectivity index (χ1v) is 9.38. The summed E-state index contributed by atoms with van der Waals surface area (Å²) in [4.78, 5) is 12.6. The van der Waals surface area contributed by atoms with Crippen LogP contribution in [0.2, 0.25) is 4.34 Å². The third-order valence-electron chi connectivity index (χ3n) is 2.70. The number of anilines is 2. The fourth-order valence-corrected chi connectivity index (χ4v) is 4.38. The molecule has 3 aromatic rings. The zero-order valence-corrected chi connectivity index (χ0v) is 14.7. The van der Waals surface area contributed by atoms with Crippen LogP contribution in [0.4, 0.5) is 15.2 Å². The Morgan fingerprint density at radius 1 is 1.22 bits per heavy atom. The van der Waals surface area contributed by atoms with Crippen LogP contribution in [0.1, 0.15) is 9.67 Å². The molecule has 0 aliphatic rings. The fraction of sp³-hybridized carbons (Fsp3) is 0.0714. The second kappa shape index (κ2) is 7.39. The number of aromatic nitrogens is 2. The number of thiophene rings is 1. The minimum absolute atomic E-state index is 0.00860. The number of halogens is 2. The number of carbonyl (C=O) groups is 1. The Kier molecular flexibility index (Phi) is 5.27. The molecule has 1 aromatic carbocycles. The largest absolute Gasteiger partial charge is 0.328 e. The van der Waals surface area contributed by atoms with Gasteiger partial charge in [0.25, 0.3) is 0 Å². The van der Waals surface area contributed by atoms with E-state index in [9.17, 15) is 9.18 Å². The Morgan fingerprint density at radius 3 is 2.78 bits per heavy atom. The summed E-state index contributed by atoms with van der Waals surface area (Å²) in [6.07, 6.45) is 0. The minimum Gasteiger partial charge on any atom is -0.328 e. The lowest BCUT2D eigenvalue weighted by Crippen LogP contribution is -1.98. The van der Waals surface area contributed by atoms with Crippen LogP contribution in [-0.4, -0.2) is 21.7 Å². The van der Waals surface area contributed by atoms with Crippen LogP contribution in [0, 0.1) is 5.82 Å². The number of para-hydroxylation sites is 1. The highest BCUT2D eigenvalue weighted by Gasteiger charge is 2.12. The summed E-state index contributed by atoms with van der Waals surface area (Å²) in [7, 11) is 0. The minimum atomic E-state index is -0.360. The summed E-state index contributed by atoms with van der Waals surface area (Å²) in [6, 6.07) is 9.74. The third-order valence-corrected chi connectivity index (χ3v) is 5.94. The lowest BCUT2D eigenvalue weighted by molar-refractivity contribution is 0.102. The molecule has 0 radical (unpaired) electrons. The predicted molar refractivity (Wildman–Crippen MR) is 94.0 cm³/mol. The summed E-state index contributed by atoms with van der Waals surface area (Å²) in [5, 5.41) is 11.3. The Hall–Kier alpha value is -1.48. The first kappa shape index (κ1) is 16.4. The molecule has 0 atom stereocenters. The third kappa shape index (κ3) is 4.29. The molecule has 0 aliphatic carbocycles. The topological polar surface area (TPSA) is 54.9 Å². The molecule has 2 aromatic heterocycles. The van der Waals surface area contributed by atoms with Gasteiger partial charge in [-0.05, 0) is 24.3 Å². The number of nitrogens with one attached hydrogen (secondary N) is 1. The molecule has 4 nitrogen and oxygen atoms in total. The molecule has 2 heterocycles. The van der Waals surface area contributed by atoms with Crippen molar-refractivity contribution in [3.8, 4) is 0 Å². The van der Waals surface area contributed by atoms with Crippen LogP contribution in [0.3, 0.4) is 0 Å². The van der Waals surface area contributed by atoms with E-state index in [-0.39, 0.29) is 17.4 Å². The van der Waals surface area contributed by atoms with Gasteiger partial charge in [0.05, 0.1) is 20.7 Å². The van der Waals surface area contributed by atoms with Gasteiger partial charge in [0.1, 0.15) is 5.82 Å². The van der Waals surface area contributed by atoms with Crippen molar-refractivity contribution in [3.63, 3.8) is 0 Å². The standard InChI is InChI=1S/C14H9ClFN3OS3/c15-12-6-5-11(22-12)10(20)7-21-14-19-18-13(23-14)17-9-4-2-1-3-8(9)16/h1-6H,7H2,(H,17,18). The van der Waals surface area contributed by atoms with Crippen LogP contribution in [0.5, 0.6) is 0 Å². The Balaban J connectivity index is 1.59. The molecule has 0 unspecified atom stereocenters. The highest BCUT2D eigenvalue weighted by Crippen LogP contribution is 2.30. The number of ketones is 1. The van der Waals surface area contributed by atoms with Gasteiger partial charge in [-0.3, -0.25) is 4.79 Å². The van der Waals surface area contributed by atoms with Crippen molar-refractivity contribution < 1.29 is 9.18 Å². The molecule has 118 valence electrons. The maximum atomic E-state index is 13.6. The Labute approximate surface area is 148 Å². The number of benzene rings is 1. The van der Waals surface area contributed by atoms with E-state index in [1.54, 1.807) is 30.3 Å². The highest BCUT2D eigenvalue weighted by atomic mass is 35.5. The second-order valence-electron chi connectivity index (χ2n) is 4.29. The van der Waals surface area contributed by atoms with Crippen LogP contribution in [0.15, 0.2) is 40.7 Å². The molecule has 0 fully saturated rings. The van der Waals surface area contributed by atoms with Crippen molar-refractivity contribution in [2.75, 3.05) is 11.1 Å². The highest BCUT2D eigenvalue weighted by molar-refractivity contribution is 8.01. The van der Waals surface area contributed by atoms with E-state index in [0.717, 1.165) is 0 Å². The summed E-state index contributed by atoms with van der Waals surface area (Å²) < 4.78 is 14.8. The van der Waals surface area contributed by atoms with E-state index < -0.39 is 0 Å². The number of hydrogen-bond donors (Lipinski definition) is 1. The zero-order valence-electron chi connectivity index (χ0n) is 11.5. The van der Waals surface area contributed by atoms with Gasteiger partial charge in [-0.1, -0.05) is 46.8 Å². The van der Waals surface area contributed by atoms with E-state index in [0.29, 0.717) is 24.4 Å². The van der Waals surface area contributed by atoms with Crippen LogP contribution >= 0.6 is 46.0 Å².